The Kier molecular flexibility index (Phi) is 2.86. The number of aromatic amines is 1. The van der Waals surface area contributed by atoms with Crippen LogP contribution in [0.1, 0.15) is 36.7 Å². The van der Waals surface area contributed by atoms with Gasteiger partial charge in [-0.15, -0.1) is 0 Å². The van der Waals surface area contributed by atoms with Crippen molar-refractivity contribution in [1.29, 1.82) is 0 Å². The van der Waals surface area contributed by atoms with E-state index in [2.05, 4.69) is 48.1 Å². The Morgan fingerprint density at radius 1 is 1.40 bits per heavy atom. The highest BCUT2D eigenvalue weighted by atomic mass is 14.9. The van der Waals surface area contributed by atoms with E-state index in [1.165, 1.54) is 11.1 Å². The van der Waals surface area contributed by atoms with E-state index in [-0.39, 0.29) is 0 Å². The van der Waals surface area contributed by atoms with Crippen LogP contribution in [0.3, 0.4) is 0 Å². The summed E-state index contributed by atoms with van der Waals surface area (Å²) < 4.78 is 0. The molecule has 0 unspecified atom stereocenters. The molecule has 0 bridgehead atoms. The maximum absolute atomic E-state index is 4.29. The molecule has 0 spiro atoms. The zero-order valence-corrected chi connectivity index (χ0v) is 9.20. The second-order valence-electron chi connectivity index (χ2n) is 3.79. The molecule has 0 aliphatic carbocycles. The first-order valence-electron chi connectivity index (χ1n) is 5.39. The third kappa shape index (κ3) is 2.09. The first-order valence-corrected chi connectivity index (χ1v) is 5.39. The van der Waals surface area contributed by atoms with Gasteiger partial charge in [0.25, 0.3) is 0 Å². The van der Waals surface area contributed by atoms with E-state index in [1.807, 2.05) is 6.20 Å². The number of nitrogens with zero attached hydrogens (tertiary/aromatic N) is 1. The summed E-state index contributed by atoms with van der Waals surface area (Å²) in [6.45, 7) is 4.35. The Balaban J connectivity index is 2.29. The minimum absolute atomic E-state index is 0.339. The van der Waals surface area contributed by atoms with Gasteiger partial charge < -0.3 is 4.98 Å². The number of H-pyrrole nitrogens is 1. The lowest BCUT2D eigenvalue weighted by atomic mass is 9.98. The van der Waals surface area contributed by atoms with Crippen molar-refractivity contribution in [2.75, 3.05) is 0 Å². The zero-order valence-electron chi connectivity index (χ0n) is 9.20. The predicted molar refractivity (Wildman–Crippen MR) is 61.9 cm³/mol. The van der Waals surface area contributed by atoms with Crippen molar-refractivity contribution in [2.24, 2.45) is 0 Å². The second kappa shape index (κ2) is 4.30. The largest absolute Gasteiger partial charge is 0.348 e. The van der Waals surface area contributed by atoms with Crippen molar-refractivity contribution in [1.82, 2.24) is 9.97 Å². The van der Waals surface area contributed by atoms with Crippen LogP contribution < -0.4 is 0 Å². The van der Waals surface area contributed by atoms with E-state index in [9.17, 15) is 0 Å². The van der Waals surface area contributed by atoms with Crippen LogP contribution in [0.2, 0.25) is 0 Å². The van der Waals surface area contributed by atoms with Gasteiger partial charge in [0, 0.05) is 18.3 Å². The quantitative estimate of drug-likeness (QED) is 0.810. The fourth-order valence-corrected chi connectivity index (χ4v) is 1.75. The van der Waals surface area contributed by atoms with Crippen molar-refractivity contribution in [2.45, 2.75) is 26.2 Å². The van der Waals surface area contributed by atoms with Gasteiger partial charge in [-0.25, -0.2) is 4.98 Å². The highest BCUT2D eigenvalue weighted by molar-refractivity contribution is 5.29. The van der Waals surface area contributed by atoms with Gasteiger partial charge in [0.1, 0.15) is 5.82 Å². The van der Waals surface area contributed by atoms with Gasteiger partial charge in [-0.05, 0) is 17.5 Å². The van der Waals surface area contributed by atoms with E-state index in [1.54, 1.807) is 6.20 Å². The molecule has 1 aromatic heterocycles. The molecule has 1 atom stereocenters. The minimum atomic E-state index is 0.339. The van der Waals surface area contributed by atoms with Gasteiger partial charge in [-0.3, -0.25) is 0 Å². The van der Waals surface area contributed by atoms with Crippen molar-refractivity contribution < 1.29 is 0 Å². The molecule has 0 aliphatic heterocycles. The number of hydrogen-bond acceptors (Lipinski definition) is 1. The standard InChI is InChI=1S/C13H16N2/c1-3-11-5-4-6-12(9-11)10(2)13-14-7-8-15-13/h4-10H,3H2,1-2H3,(H,14,15)/t10-/m1/s1. The highest BCUT2D eigenvalue weighted by Crippen LogP contribution is 2.21. The summed E-state index contributed by atoms with van der Waals surface area (Å²) in [6, 6.07) is 8.70. The predicted octanol–water partition coefficient (Wildman–Crippen LogP) is 3.12. The number of rotatable bonds is 3. The molecule has 1 aromatic carbocycles. The van der Waals surface area contributed by atoms with Crippen LogP contribution in [0.4, 0.5) is 0 Å². The number of imidazole rings is 1. The zero-order chi connectivity index (χ0) is 10.7. The van der Waals surface area contributed by atoms with E-state index in [0.29, 0.717) is 5.92 Å². The van der Waals surface area contributed by atoms with Gasteiger partial charge in [0.2, 0.25) is 0 Å². The Bertz CT molecular complexity index is 418. The molecular weight excluding hydrogens is 184 g/mol. The summed E-state index contributed by atoms with van der Waals surface area (Å²) in [7, 11) is 0. The molecule has 0 radical (unpaired) electrons. The van der Waals surface area contributed by atoms with E-state index < -0.39 is 0 Å². The summed E-state index contributed by atoms with van der Waals surface area (Å²) in [5.74, 6) is 1.37. The van der Waals surface area contributed by atoms with Gasteiger partial charge in [-0.1, -0.05) is 38.1 Å². The molecule has 0 fully saturated rings. The molecule has 2 rings (SSSR count). The molecule has 15 heavy (non-hydrogen) atoms. The molecule has 0 saturated carbocycles. The monoisotopic (exact) mass is 200 g/mol. The fraction of sp³-hybridized carbons (Fsp3) is 0.308. The summed E-state index contributed by atoms with van der Waals surface area (Å²) in [5.41, 5.74) is 2.70. The highest BCUT2D eigenvalue weighted by Gasteiger charge is 2.10. The van der Waals surface area contributed by atoms with E-state index in [0.717, 1.165) is 12.2 Å². The topological polar surface area (TPSA) is 28.7 Å². The van der Waals surface area contributed by atoms with Gasteiger partial charge in [0.05, 0.1) is 0 Å². The fourth-order valence-electron chi connectivity index (χ4n) is 1.75. The van der Waals surface area contributed by atoms with Crippen molar-refractivity contribution in [3.63, 3.8) is 0 Å². The van der Waals surface area contributed by atoms with Crippen LogP contribution in [0.15, 0.2) is 36.7 Å². The Morgan fingerprint density at radius 3 is 2.93 bits per heavy atom. The number of aromatic nitrogens is 2. The van der Waals surface area contributed by atoms with Crippen LogP contribution in [-0.4, -0.2) is 9.97 Å². The number of hydrogen-bond donors (Lipinski definition) is 1. The van der Waals surface area contributed by atoms with Gasteiger partial charge >= 0.3 is 0 Å². The second-order valence-corrected chi connectivity index (χ2v) is 3.79. The lowest BCUT2D eigenvalue weighted by Crippen LogP contribution is -1.99. The molecule has 0 aliphatic rings. The molecule has 2 nitrogen and oxygen atoms in total. The van der Waals surface area contributed by atoms with Gasteiger partial charge in [0.15, 0.2) is 0 Å². The molecule has 1 N–H and O–H groups in total. The first kappa shape index (κ1) is 9.97. The number of nitrogens with one attached hydrogen (secondary N) is 1. The van der Waals surface area contributed by atoms with Gasteiger partial charge in [-0.2, -0.15) is 0 Å². The van der Waals surface area contributed by atoms with Crippen molar-refractivity contribution in [3.8, 4) is 0 Å². The Morgan fingerprint density at radius 2 is 2.27 bits per heavy atom. The van der Waals surface area contributed by atoms with Crippen LogP contribution in [0, 0.1) is 0 Å². The Hall–Kier alpha value is -1.57. The third-order valence-corrected chi connectivity index (χ3v) is 2.79. The molecule has 2 heteroatoms. The smallest absolute Gasteiger partial charge is 0.113 e. The molecule has 1 heterocycles. The van der Waals surface area contributed by atoms with E-state index in [4.69, 9.17) is 0 Å². The first-order chi connectivity index (χ1) is 7.31. The molecule has 0 saturated heterocycles. The lowest BCUT2D eigenvalue weighted by Gasteiger charge is -2.10. The molecule has 0 amide bonds. The normalized spacial score (nSPS) is 12.7. The third-order valence-electron chi connectivity index (χ3n) is 2.79. The van der Waals surface area contributed by atoms with E-state index >= 15 is 0 Å². The summed E-state index contributed by atoms with van der Waals surface area (Å²) in [6.07, 6.45) is 4.75. The van der Waals surface area contributed by atoms with Crippen LogP contribution in [-0.2, 0) is 6.42 Å². The molecule has 2 aromatic rings. The maximum Gasteiger partial charge on any atom is 0.113 e. The Labute approximate surface area is 90.4 Å². The minimum Gasteiger partial charge on any atom is -0.348 e. The van der Waals surface area contributed by atoms with Crippen LogP contribution >= 0.6 is 0 Å². The SMILES string of the molecule is CCc1cccc([C@@H](C)c2ncc[nH]2)c1. The molecule has 78 valence electrons. The summed E-state index contributed by atoms with van der Waals surface area (Å²) in [4.78, 5) is 7.45. The number of benzene rings is 1. The lowest BCUT2D eigenvalue weighted by molar-refractivity contribution is 0.837. The average Bonchev–Trinajstić information content (AvgIpc) is 2.81. The molecular formula is C13H16N2. The number of aryl methyl sites for hydroxylation is 1. The van der Waals surface area contributed by atoms with Crippen LogP contribution in [0.5, 0.6) is 0 Å². The van der Waals surface area contributed by atoms with Crippen LogP contribution in [0.25, 0.3) is 0 Å². The average molecular weight is 200 g/mol. The summed E-state index contributed by atoms with van der Waals surface area (Å²) in [5, 5.41) is 0. The van der Waals surface area contributed by atoms with Crippen molar-refractivity contribution >= 4 is 0 Å². The maximum atomic E-state index is 4.29. The summed E-state index contributed by atoms with van der Waals surface area (Å²) >= 11 is 0. The van der Waals surface area contributed by atoms with Crippen molar-refractivity contribution in [3.05, 3.63) is 53.6 Å².